The zero-order valence-electron chi connectivity index (χ0n) is 12.8. The summed E-state index contributed by atoms with van der Waals surface area (Å²) in [5, 5.41) is 1.08. The number of fused-ring (bicyclic) bond motifs is 2. The fourth-order valence-electron chi connectivity index (χ4n) is 2.38. The molecule has 0 saturated carbocycles. The number of aryl methyl sites for hydroxylation is 1. The summed E-state index contributed by atoms with van der Waals surface area (Å²) in [5.74, 6) is 0. The van der Waals surface area contributed by atoms with Crippen molar-refractivity contribution in [3.8, 4) is 10.6 Å². The Morgan fingerprint density at radius 1 is 1.19 bits per heavy atom. The molecule has 1 aromatic rings. The molecule has 108 valence electrons. The summed E-state index contributed by atoms with van der Waals surface area (Å²) in [6.07, 6.45) is 0. The first-order valence-corrected chi connectivity index (χ1v) is 7.93. The van der Waals surface area contributed by atoms with Crippen LogP contribution in [0.15, 0.2) is 35.3 Å². The minimum absolute atomic E-state index is 0.808. The van der Waals surface area contributed by atoms with Gasteiger partial charge in [0.15, 0.2) is 0 Å². The van der Waals surface area contributed by atoms with Crippen LogP contribution in [-0.2, 0) is 0 Å². The number of aromatic nitrogens is 1. The standard InChI is InChI=1S/C17H19N3S/c1-5-18-14-10-17-15(8-11(14)2)19-13-7-6-12(20(3)4)9-16(13)21-17/h6-10H,5H2,1-4H3/b18-14-. The number of benzene rings is 2. The normalized spacial score (nSPS) is 12.3. The molecule has 1 aliphatic heterocycles. The van der Waals surface area contributed by atoms with Crippen LogP contribution in [0.25, 0.3) is 20.8 Å². The Morgan fingerprint density at radius 3 is 2.71 bits per heavy atom. The summed E-state index contributed by atoms with van der Waals surface area (Å²) in [5.41, 5.74) is 4.49. The Balaban J connectivity index is 2.29. The molecule has 0 atom stereocenters. The van der Waals surface area contributed by atoms with Crippen molar-refractivity contribution in [1.82, 2.24) is 4.98 Å². The van der Waals surface area contributed by atoms with Gasteiger partial charge in [0.2, 0.25) is 0 Å². The largest absolute Gasteiger partial charge is 0.378 e. The van der Waals surface area contributed by atoms with Crippen molar-refractivity contribution >= 4 is 27.2 Å². The number of hydrogen-bond donors (Lipinski definition) is 0. The van der Waals surface area contributed by atoms with Gasteiger partial charge in [0.25, 0.3) is 0 Å². The second-order valence-corrected chi connectivity index (χ2v) is 6.42. The molecule has 4 heteroatoms. The zero-order valence-corrected chi connectivity index (χ0v) is 13.7. The van der Waals surface area contributed by atoms with Gasteiger partial charge >= 0.3 is 0 Å². The van der Waals surface area contributed by atoms with E-state index in [1.165, 1.54) is 20.8 Å². The lowest BCUT2D eigenvalue weighted by molar-refractivity contribution is 1.05. The fourth-order valence-corrected chi connectivity index (χ4v) is 3.39. The summed E-state index contributed by atoms with van der Waals surface area (Å²) in [6.45, 7) is 4.97. The van der Waals surface area contributed by atoms with Crippen molar-refractivity contribution < 1.29 is 0 Å². The van der Waals surface area contributed by atoms with E-state index in [1.807, 2.05) is 0 Å². The van der Waals surface area contributed by atoms with E-state index in [0.29, 0.717) is 0 Å². The lowest BCUT2D eigenvalue weighted by atomic mass is 10.1. The van der Waals surface area contributed by atoms with E-state index >= 15 is 0 Å². The van der Waals surface area contributed by atoms with E-state index in [2.05, 4.69) is 68.2 Å². The third kappa shape index (κ3) is 2.63. The second kappa shape index (κ2) is 5.45. The third-order valence-electron chi connectivity index (χ3n) is 3.53. The quantitative estimate of drug-likeness (QED) is 0.675. The van der Waals surface area contributed by atoms with Crippen LogP contribution in [0.1, 0.15) is 12.5 Å². The predicted molar refractivity (Wildman–Crippen MR) is 91.4 cm³/mol. The van der Waals surface area contributed by atoms with Crippen LogP contribution < -0.4 is 10.3 Å². The lowest BCUT2D eigenvalue weighted by Crippen LogP contribution is -2.09. The van der Waals surface area contributed by atoms with Gasteiger partial charge in [-0.25, -0.2) is 4.98 Å². The van der Waals surface area contributed by atoms with Crippen molar-refractivity contribution in [2.75, 3.05) is 25.5 Å². The van der Waals surface area contributed by atoms with Crippen LogP contribution in [-0.4, -0.2) is 25.6 Å². The monoisotopic (exact) mass is 297 g/mol. The molecule has 0 bridgehead atoms. The van der Waals surface area contributed by atoms with Gasteiger partial charge in [0.05, 0.1) is 26.1 Å². The van der Waals surface area contributed by atoms with Gasteiger partial charge in [0.1, 0.15) is 0 Å². The molecule has 0 radical (unpaired) electrons. The average molecular weight is 297 g/mol. The maximum atomic E-state index is 4.79. The molecular formula is C17H19N3S. The molecule has 0 unspecified atom stereocenters. The maximum Gasteiger partial charge on any atom is 0.0813 e. The lowest BCUT2D eigenvalue weighted by Gasteiger charge is -2.14. The van der Waals surface area contributed by atoms with E-state index in [-0.39, 0.29) is 0 Å². The van der Waals surface area contributed by atoms with Crippen molar-refractivity contribution in [2.24, 2.45) is 4.99 Å². The Morgan fingerprint density at radius 2 is 2.00 bits per heavy atom. The molecule has 1 heterocycles. The Hall–Kier alpha value is -1.94. The summed E-state index contributed by atoms with van der Waals surface area (Å²) >= 11 is 1.78. The highest BCUT2D eigenvalue weighted by Gasteiger charge is 2.09. The van der Waals surface area contributed by atoms with Crippen molar-refractivity contribution in [1.29, 1.82) is 0 Å². The average Bonchev–Trinajstić information content (AvgIpc) is 2.45. The van der Waals surface area contributed by atoms with E-state index in [1.54, 1.807) is 11.3 Å². The molecular weight excluding hydrogens is 278 g/mol. The molecule has 0 spiro atoms. The predicted octanol–water partition coefficient (Wildman–Crippen LogP) is 3.70. The first-order valence-electron chi connectivity index (χ1n) is 7.11. The molecule has 3 nitrogen and oxygen atoms in total. The first-order chi connectivity index (χ1) is 10.1. The van der Waals surface area contributed by atoms with Crippen molar-refractivity contribution in [3.63, 3.8) is 0 Å². The molecule has 3 rings (SSSR count). The molecule has 1 aliphatic carbocycles. The van der Waals surface area contributed by atoms with Gasteiger partial charge in [-0.1, -0.05) is 0 Å². The minimum Gasteiger partial charge on any atom is -0.378 e. The Bertz CT molecular complexity index is 833. The molecule has 21 heavy (non-hydrogen) atoms. The summed E-state index contributed by atoms with van der Waals surface area (Å²) < 4.78 is 1.21. The highest BCUT2D eigenvalue weighted by atomic mass is 32.1. The number of rotatable bonds is 2. The van der Waals surface area contributed by atoms with Gasteiger partial charge < -0.3 is 4.90 Å². The van der Waals surface area contributed by atoms with Gasteiger partial charge in [-0.3, -0.25) is 4.99 Å². The van der Waals surface area contributed by atoms with E-state index in [0.717, 1.165) is 23.1 Å². The third-order valence-corrected chi connectivity index (χ3v) is 4.62. The van der Waals surface area contributed by atoms with Crippen molar-refractivity contribution in [3.05, 3.63) is 41.3 Å². The van der Waals surface area contributed by atoms with Crippen LogP contribution in [0, 0.1) is 6.92 Å². The number of anilines is 1. The molecule has 0 fully saturated rings. The van der Waals surface area contributed by atoms with Crippen LogP contribution in [0.2, 0.25) is 0 Å². The first kappa shape index (κ1) is 14.0. The smallest absolute Gasteiger partial charge is 0.0813 e. The fraction of sp³-hybridized carbons (Fsp3) is 0.294. The number of hydrogen-bond acceptors (Lipinski definition) is 4. The molecule has 0 amide bonds. The Kier molecular flexibility index (Phi) is 3.64. The highest BCUT2D eigenvalue weighted by molar-refractivity contribution is 7.21. The highest BCUT2D eigenvalue weighted by Crippen LogP contribution is 2.31. The molecule has 1 aromatic carbocycles. The topological polar surface area (TPSA) is 28.5 Å². The van der Waals surface area contributed by atoms with Crippen LogP contribution in [0.4, 0.5) is 5.69 Å². The van der Waals surface area contributed by atoms with Crippen LogP contribution in [0.3, 0.4) is 0 Å². The maximum absolute atomic E-state index is 4.79. The molecule has 2 aliphatic rings. The van der Waals surface area contributed by atoms with E-state index in [4.69, 9.17) is 4.98 Å². The number of nitrogens with zero attached hydrogens (tertiary/aromatic N) is 3. The second-order valence-electron chi connectivity index (χ2n) is 5.34. The zero-order chi connectivity index (χ0) is 15.0. The SMILES string of the molecule is CC/N=c1/cc2sc3cc(N(C)C)ccc3nc-2cc1C. The Labute approximate surface area is 128 Å². The molecule has 0 N–H and O–H groups in total. The van der Waals surface area contributed by atoms with Gasteiger partial charge in [0, 0.05) is 26.3 Å². The van der Waals surface area contributed by atoms with E-state index < -0.39 is 0 Å². The van der Waals surface area contributed by atoms with Crippen molar-refractivity contribution in [2.45, 2.75) is 13.8 Å². The van der Waals surface area contributed by atoms with Gasteiger partial charge in [-0.2, -0.15) is 0 Å². The minimum atomic E-state index is 0.808. The molecule has 0 saturated heterocycles. The summed E-state index contributed by atoms with van der Waals surface area (Å²) in [7, 11) is 4.11. The van der Waals surface area contributed by atoms with Gasteiger partial charge in [-0.15, -0.1) is 11.3 Å². The van der Waals surface area contributed by atoms with Gasteiger partial charge in [-0.05, 0) is 49.7 Å². The van der Waals surface area contributed by atoms with E-state index in [9.17, 15) is 0 Å². The van der Waals surface area contributed by atoms with Crippen LogP contribution >= 0.6 is 11.3 Å². The molecule has 0 aromatic heterocycles. The summed E-state index contributed by atoms with van der Waals surface area (Å²) in [6, 6.07) is 10.7. The summed E-state index contributed by atoms with van der Waals surface area (Å²) in [4.78, 5) is 12.6. The van der Waals surface area contributed by atoms with Crippen LogP contribution in [0.5, 0.6) is 0 Å².